The van der Waals surface area contributed by atoms with Crippen molar-refractivity contribution in [2.45, 2.75) is 6.54 Å². The van der Waals surface area contributed by atoms with E-state index < -0.39 is 0 Å². The number of imidazole rings is 1. The molecule has 0 radical (unpaired) electrons. The van der Waals surface area contributed by atoms with E-state index in [9.17, 15) is 4.79 Å². The van der Waals surface area contributed by atoms with Crippen LogP contribution in [0.3, 0.4) is 0 Å². The number of hydrogen-bond donors (Lipinski definition) is 0. The Hall–Kier alpha value is -3.87. The minimum Gasteiger partial charge on any atom is -0.328 e. The fourth-order valence-electron chi connectivity index (χ4n) is 3.99. The molecular formula is C23H22N6O. The van der Waals surface area contributed by atoms with Gasteiger partial charge in [-0.3, -0.25) is 4.79 Å². The van der Waals surface area contributed by atoms with Crippen molar-refractivity contribution in [3.63, 3.8) is 0 Å². The number of amides is 1. The number of aromatic nitrogens is 3. The maximum atomic E-state index is 11.2. The van der Waals surface area contributed by atoms with Gasteiger partial charge < -0.3 is 19.3 Å². The van der Waals surface area contributed by atoms with E-state index in [2.05, 4.69) is 56.9 Å². The van der Waals surface area contributed by atoms with Crippen LogP contribution >= 0.6 is 0 Å². The Bertz CT molecular complexity index is 1220. The van der Waals surface area contributed by atoms with Crippen molar-refractivity contribution in [1.82, 2.24) is 14.5 Å². The second kappa shape index (κ2) is 7.18. The standard InChI is InChI=1S/C23H22N6O/c1-26(16-30)21-8-5-13-24-22(21)27(2)17-9-11-18(12-10-17)28-14-15-29-20-7-4-3-6-19(20)25-23(28)29/h3-13,16H,14-15H2,1-2H3. The third-order valence-corrected chi connectivity index (χ3v) is 5.59. The SMILES string of the molecule is CN(C=O)c1cccnc1N(C)c1ccc(N2CCn3c2nc2ccccc23)cc1. The summed E-state index contributed by atoms with van der Waals surface area (Å²) in [6.07, 6.45) is 2.52. The number of hydrogen-bond acceptors (Lipinski definition) is 5. The molecule has 0 unspecified atom stereocenters. The molecule has 0 bridgehead atoms. The number of anilines is 5. The average Bonchev–Trinajstić information content (AvgIpc) is 3.37. The number of benzene rings is 2. The highest BCUT2D eigenvalue weighted by atomic mass is 16.1. The first-order chi connectivity index (χ1) is 14.7. The maximum Gasteiger partial charge on any atom is 0.213 e. The third kappa shape index (κ3) is 2.86. The first kappa shape index (κ1) is 18.2. The van der Waals surface area contributed by atoms with Crippen LogP contribution in [0.25, 0.3) is 11.0 Å². The van der Waals surface area contributed by atoms with Gasteiger partial charge in [0.15, 0.2) is 5.82 Å². The summed E-state index contributed by atoms with van der Waals surface area (Å²) in [5.74, 6) is 1.71. The monoisotopic (exact) mass is 398 g/mol. The van der Waals surface area contributed by atoms with Crippen LogP contribution in [-0.2, 0) is 11.3 Å². The third-order valence-electron chi connectivity index (χ3n) is 5.59. The number of carbonyl (C=O) groups excluding carboxylic acids is 1. The number of nitrogens with zero attached hydrogens (tertiary/aromatic N) is 6. The van der Waals surface area contributed by atoms with Gasteiger partial charge in [-0.1, -0.05) is 12.1 Å². The van der Waals surface area contributed by atoms with E-state index in [1.807, 2.05) is 30.1 Å². The fourth-order valence-corrected chi connectivity index (χ4v) is 3.99. The van der Waals surface area contributed by atoms with Gasteiger partial charge >= 0.3 is 0 Å². The van der Waals surface area contributed by atoms with E-state index in [-0.39, 0.29) is 0 Å². The molecule has 0 aliphatic carbocycles. The molecule has 0 N–H and O–H groups in total. The van der Waals surface area contributed by atoms with Crippen LogP contribution in [0.15, 0.2) is 66.9 Å². The van der Waals surface area contributed by atoms with Crippen LogP contribution in [0.1, 0.15) is 0 Å². The molecule has 7 heteroatoms. The summed E-state index contributed by atoms with van der Waals surface area (Å²) in [7, 11) is 3.68. The molecule has 2 aromatic heterocycles. The molecule has 0 saturated carbocycles. The average molecular weight is 398 g/mol. The zero-order chi connectivity index (χ0) is 20.7. The minimum atomic E-state index is 0.725. The molecule has 1 aliphatic heterocycles. The summed E-state index contributed by atoms with van der Waals surface area (Å²) in [6, 6.07) is 20.3. The maximum absolute atomic E-state index is 11.2. The van der Waals surface area contributed by atoms with E-state index in [0.29, 0.717) is 0 Å². The van der Waals surface area contributed by atoms with E-state index >= 15 is 0 Å². The minimum absolute atomic E-state index is 0.725. The predicted molar refractivity (Wildman–Crippen MR) is 120 cm³/mol. The number of fused-ring (bicyclic) bond motifs is 3. The second-order valence-corrected chi connectivity index (χ2v) is 7.34. The summed E-state index contributed by atoms with van der Waals surface area (Å²) >= 11 is 0. The van der Waals surface area contributed by atoms with Crippen molar-refractivity contribution in [2.75, 3.05) is 35.3 Å². The van der Waals surface area contributed by atoms with Gasteiger partial charge in [-0.25, -0.2) is 9.97 Å². The van der Waals surface area contributed by atoms with E-state index in [4.69, 9.17) is 4.98 Å². The Balaban J connectivity index is 1.45. The molecule has 5 rings (SSSR count). The van der Waals surface area contributed by atoms with Gasteiger partial charge in [0.25, 0.3) is 0 Å². The van der Waals surface area contributed by atoms with E-state index in [1.165, 1.54) is 10.4 Å². The summed E-state index contributed by atoms with van der Waals surface area (Å²) in [5.41, 5.74) is 5.05. The zero-order valence-electron chi connectivity index (χ0n) is 16.9. The van der Waals surface area contributed by atoms with Gasteiger partial charge in [-0.2, -0.15) is 0 Å². The first-order valence-corrected chi connectivity index (χ1v) is 9.87. The van der Waals surface area contributed by atoms with Gasteiger partial charge in [0.1, 0.15) is 0 Å². The summed E-state index contributed by atoms with van der Waals surface area (Å²) in [4.78, 5) is 26.3. The molecule has 150 valence electrons. The molecule has 3 heterocycles. The quantitative estimate of drug-likeness (QED) is 0.477. The van der Waals surface area contributed by atoms with Gasteiger partial charge in [-0.05, 0) is 48.5 Å². The molecule has 7 nitrogen and oxygen atoms in total. The Morgan fingerprint density at radius 3 is 2.57 bits per heavy atom. The van der Waals surface area contributed by atoms with Crippen LogP contribution in [0.5, 0.6) is 0 Å². The molecule has 2 aromatic carbocycles. The molecule has 0 saturated heterocycles. The molecule has 4 aromatic rings. The van der Waals surface area contributed by atoms with Crippen molar-refractivity contribution in [3.05, 3.63) is 66.9 Å². The summed E-state index contributed by atoms with van der Waals surface area (Å²) in [5, 5.41) is 0. The van der Waals surface area contributed by atoms with Crippen LogP contribution < -0.4 is 14.7 Å². The van der Waals surface area contributed by atoms with Gasteiger partial charge in [0, 0.05) is 44.8 Å². The van der Waals surface area contributed by atoms with Crippen molar-refractivity contribution in [3.8, 4) is 0 Å². The van der Waals surface area contributed by atoms with Crippen molar-refractivity contribution < 1.29 is 4.79 Å². The Morgan fingerprint density at radius 2 is 1.77 bits per heavy atom. The van der Waals surface area contributed by atoms with E-state index in [0.717, 1.165) is 53.8 Å². The van der Waals surface area contributed by atoms with Crippen molar-refractivity contribution in [1.29, 1.82) is 0 Å². The van der Waals surface area contributed by atoms with Crippen molar-refractivity contribution in [2.24, 2.45) is 0 Å². The lowest BCUT2D eigenvalue weighted by atomic mass is 10.2. The highest BCUT2D eigenvalue weighted by Crippen LogP contribution is 2.35. The van der Waals surface area contributed by atoms with E-state index in [1.54, 1.807) is 13.2 Å². The topological polar surface area (TPSA) is 57.5 Å². The van der Waals surface area contributed by atoms with Crippen molar-refractivity contribution >= 4 is 46.3 Å². The lowest BCUT2D eigenvalue weighted by molar-refractivity contribution is -0.107. The predicted octanol–water partition coefficient (Wildman–Crippen LogP) is 3.94. The molecule has 0 spiro atoms. The number of carbonyl (C=O) groups is 1. The first-order valence-electron chi connectivity index (χ1n) is 9.87. The molecule has 0 atom stereocenters. The largest absolute Gasteiger partial charge is 0.328 e. The van der Waals surface area contributed by atoms with Crippen LogP contribution in [0.4, 0.5) is 28.8 Å². The number of rotatable bonds is 5. The van der Waals surface area contributed by atoms with Crippen LogP contribution in [-0.4, -0.2) is 41.6 Å². The molecular weight excluding hydrogens is 376 g/mol. The zero-order valence-corrected chi connectivity index (χ0v) is 16.9. The van der Waals surface area contributed by atoms with Gasteiger partial charge in [-0.15, -0.1) is 0 Å². The molecule has 0 fully saturated rings. The second-order valence-electron chi connectivity index (χ2n) is 7.34. The van der Waals surface area contributed by atoms with Crippen LogP contribution in [0.2, 0.25) is 0 Å². The Labute approximate surface area is 174 Å². The summed E-state index contributed by atoms with van der Waals surface area (Å²) in [6.45, 7) is 1.82. The van der Waals surface area contributed by atoms with Gasteiger partial charge in [0.05, 0.1) is 16.7 Å². The molecule has 1 aliphatic rings. The lowest BCUT2D eigenvalue weighted by Crippen LogP contribution is -2.20. The smallest absolute Gasteiger partial charge is 0.213 e. The summed E-state index contributed by atoms with van der Waals surface area (Å²) < 4.78 is 2.27. The Kier molecular flexibility index (Phi) is 4.35. The van der Waals surface area contributed by atoms with Crippen LogP contribution in [0, 0.1) is 0 Å². The number of pyridine rings is 1. The Morgan fingerprint density at radius 1 is 0.967 bits per heavy atom. The highest BCUT2D eigenvalue weighted by molar-refractivity contribution is 5.84. The highest BCUT2D eigenvalue weighted by Gasteiger charge is 2.24. The lowest BCUT2D eigenvalue weighted by Gasteiger charge is -2.24. The number of para-hydroxylation sites is 2. The normalized spacial score (nSPS) is 12.8. The fraction of sp³-hybridized carbons (Fsp3) is 0.174. The van der Waals surface area contributed by atoms with Gasteiger partial charge in [0.2, 0.25) is 12.4 Å². The molecule has 1 amide bonds. The molecule has 30 heavy (non-hydrogen) atoms.